The van der Waals surface area contributed by atoms with E-state index in [1.165, 1.54) is 0 Å². The quantitative estimate of drug-likeness (QED) is 0.219. The number of hydrogen-bond donors (Lipinski definition) is 4. The first kappa shape index (κ1) is 27.2. The second-order valence-electron chi connectivity index (χ2n) is 10.8. The number of nitrogens with zero attached hydrogens (tertiary/aromatic N) is 4. The van der Waals surface area contributed by atoms with E-state index in [1.54, 1.807) is 10.9 Å². The zero-order valence-electron chi connectivity index (χ0n) is 22.1. The fraction of sp³-hybridized carbons (Fsp3) is 0.393. The van der Waals surface area contributed by atoms with Crippen LogP contribution in [0.15, 0.2) is 67.0 Å². The molecule has 1 aliphatic carbocycles. The van der Waals surface area contributed by atoms with Gasteiger partial charge in [0.15, 0.2) is 19.5 Å². The molecule has 4 aromatic rings. The molecule has 10 nitrogen and oxygen atoms in total. The zero-order chi connectivity index (χ0) is 27.6. The summed E-state index contributed by atoms with van der Waals surface area (Å²) in [6, 6.07) is 18.8. The molecule has 206 valence electrons. The summed E-state index contributed by atoms with van der Waals surface area (Å²) in [7, 11) is -2.78. The van der Waals surface area contributed by atoms with Crippen molar-refractivity contribution in [1.82, 2.24) is 19.5 Å². The van der Waals surface area contributed by atoms with Crippen LogP contribution in [0.3, 0.4) is 0 Å². The summed E-state index contributed by atoms with van der Waals surface area (Å²) < 4.78 is 13.7. The molecule has 11 heteroatoms. The van der Waals surface area contributed by atoms with Crippen LogP contribution in [-0.2, 0) is 18.0 Å². The molecule has 1 unspecified atom stereocenters. The SMILES string of the molecule is C[Si](C)(O)C1C[C@H](n2cnc3c(OCc4ccccc4)nc(N)nc32)[C@](O)(CO)[C@@H]1COCc1ccccc1. The summed E-state index contributed by atoms with van der Waals surface area (Å²) in [4.78, 5) is 24.4. The molecule has 0 saturated heterocycles. The number of nitrogen functional groups attached to an aromatic ring is 1. The van der Waals surface area contributed by atoms with Gasteiger partial charge >= 0.3 is 0 Å². The predicted octanol–water partition coefficient (Wildman–Crippen LogP) is 3.06. The van der Waals surface area contributed by atoms with Gasteiger partial charge in [-0.3, -0.25) is 0 Å². The maximum absolute atomic E-state index is 12.0. The minimum absolute atomic E-state index is 0.00834. The highest BCUT2D eigenvalue weighted by Gasteiger charge is 2.59. The Bertz CT molecular complexity index is 1400. The normalized spacial score (nSPS) is 23.4. The third-order valence-electron chi connectivity index (χ3n) is 7.71. The maximum Gasteiger partial charge on any atom is 0.247 e. The number of nitrogens with two attached hydrogens (primary N) is 1. The molecule has 5 rings (SSSR count). The smallest absolute Gasteiger partial charge is 0.247 e. The van der Waals surface area contributed by atoms with Crippen LogP contribution in [0.4, 0.5) is 5.95 Å². The van der Waals surface area contributed by atoms with Crippen LogP contribution in [-0.4, -0.2) is 61.7 Å². The van der Waals surface area contributed by atoms with Crippen molar-refractivity contribution in [1.29, 1.82) is 0 Å². The van der Waals surface area contributed by atoms with E-state index in [9.17, 15) is 15.0 Å². The Labute approximate surface area is 228 Å². The standard InChI is InChI=1S/C28H35N5O5Si/c1-39(2,36)22-13-23(28(35,17-34)21(22)16-37-14-19-9-5-3-6-10-19)33-18-30-24-25(33)31-27(29)32-26(24)38-15-20-11-7-4-8-12-20/h3-12,18,21-23,34-36H,13-17H2,1-2H3,(H2,29,31,32)/t21-,22?,23+,28+/m1/s1. The molecule has 0 radical (unpaired) electrons. The van der Waals surface area contributed by atoms with Crippen LogP contribution < -0.4 is 10.5 Å². The molecule has 1 fully saturated rings. The molecule has 39 heavy (non-hydrogen) atoms. The fourth-order valence-electron chi connectivity index (χ4n) is 5.66. The van der Waals surface area contributed by atoms with Gasteiger partial charge in [0.2, 0.25) is 11.8 Å². The van der Waals surface area contributed by atoms with Crippen molar-refractivity contribution < 1.29 is 24.5 Å². The monoisotopic (exact) mass is 549 g/mol. The van der Waals surface area contributed by atoms with Gasteiger partial charge in [-0.1, -0.05) is 60.7 Å². The maximum atomic E-state index is 12.0. The van der Waals surface area contributed by atoms with Crippen LogP contribution >= 0.6 is 0 Å². The van der Waals surface area contributed by atoms with Gasteiger partial charge in [-0.2, -0.15) is 9.97 Å². The number of aliphatic hydroxyl groups is 2. The van der Waals surface area contributed by atoms with Crippen molar-refractivity contribution in [3.05, 3.63) is 78.1 Å². The minimum Gasteiger partial charge on any atom is -0.471 e. The summed E-state index contributed by atoms with van der Waals surface area (Å²) in [6.07, 6.45) is 1.98. The highest BCUT2D eigenvalue weighted by Crippen LogP contribution is 2.54. The summed E-state index contributed by atoms with van der Waals surface area (Å²) in [5, 5.41) is 22.6. The van der Waals surface area contributed by atoms with Gasteiger partial charge in [0, 0.05) is 5.92 Å². The Kier molecular flexibility index (Phi) is 7.70. The number of aromatic nitrogens is 4. The van der Waals surface area contributed by atoms with Crippen molar-refractivity contribution in [3.63, 3.8) is 0 Å². The van der Waals surface area contributed by atoms with Crippen molar-refractivity contribution in [3.8, 4) is 5.88 Å². The summed E-state index contributed by atoms with van der Waals surface area (Å²) >= 11 is 0. The highest BCUT2D eigenvalue weighted by atomic mass is 28.4. The van der Waals surface area contributed by atoms with Gasteiger partial charge in [-0.15, -0.1) is 0 Å². The number of fused-ring (bicyclic) bond motifs is 1. The molecule has 1 saturated carbocycles. The number of anilines is 1. The van der Waals surface area contributed by atoms with E-state index < -0.39 is 32.5 Å². The summed E-state index contributed by atoms with van der Waals surface area (Å²) in [5.74, 6) is -0.260. The Morgan fingerprint density at radius 1 is 1.03 bits per heavy atom. The van der Waals surface area contributed by atoms with Gasteiger partial charge in [0.1, 0.15) is 12.2 Å². The van der Waals surface area contributed by atoms with Crippen molar-refractivity contribution in [2.45, 2.75) is 49.9 Å². The Balaban J connectivity index is 1.45. The molecule has 4 atom stereocenters. The lowest BCUT2D eigenvalue weighted by molar-refractivity contribution is -0.0939. The Hall–Kier alpha value is -3.35. The van der Waals surface area contributed by atoms with Gasteiger partial charge in [-0.25, -0.2) is 4.98 Å². The third kappa shape index (κ3) is 5.54. The van der Waals surface area contributed by atoms with Gasteiger partial charge < -0.3 is 34.8 Å². The second kappa shape index (κ2) is 11.0. The molecule has 0 bridgehead atoms. The van der Waals surface area contributed by atoms with Crippen LogP contribution in [0.1, 0.15) is 23.6 Å². The number of aliphatic hydroxyl groups excluding tert-OH is 1. The molecular weight excluding hydrogens is 514 g/mol. The van der Waals surface area contributed by atoms with E-state index >= 15 is 0 Å². The Morgan fingerprint density at radius 2 is 1.67 bits per heavy atom. The number of imidazole rings is 1. The van der Waals surface area contributed by atoms with E-state index in [4.69, 9.17) is 15.2 Å². The Morgan fingerprint density at radius 3 is 2.28 bits per heavy atom. The molecule has 0 spiro atoms. The van der Waals surface area contributed by atoms with E-state index in [-0.39, 0.29) is 30.6 Å². The zero-order valence-corrected chi connectivity index (χ0v) is 23.1. The van der Waals surface area contributed by atoms with Crippen LogP contribution in [0.5, 0.6) is 5.88 Å². The van der Waals surface area contributed by atoms with Gasteiger partial charge in [-0.05, 0) is 36.2 Å². The lowest BCUT2D eigenvalue weighted by atomic mass is 9.89. The van der Waals surface area contributed by atoms with E-state index in [0.29, 0.717) is 24.2 Å². The van der Waals surface area contributed by atoms with E-state index in [0.717, 1.165) is 11.1 Å². The lowest BCUT2D eigenvalue weighted by Crippen LogP contribution is -2.49. The lowest BCUT2D eigenvalue weighted by Gasteiger charge is -2.36. The number of ether oxygens (including phenoxy) is 2. The van der Waals surface area contributed by atoms with Crippen LogP contribution in [0.2, 0.25) is 18.6 Å². The average Bonchev–Trinajstić information content (AvgIpc) is 3.47. The topological polar surface area (TPSA) is 149 Å². The summed E-state index contributed by atoms with van der Waals surface area (Å²) in [6.45, 7) is 4.00. The van der Waals surface area contributed by atoms with Crippen molar-refractivity contribution >= 4 is 25.4 Å². The molecule has 2 aromatic carbocycles. The van der Waals surface area contributed by atoms with E-state index in [1.807, 2.05) is 73.8 Å². The van der Waals surface area contributed by atoms with Gasteiger partial charge in [0.25, 0.3) is 0 Å². The predicted molar refractivity (Wildman–Crippen MR) is 149 cm³/mol. The highest BCUT2D eigenvalue weighted by molar-refractivity contribution is 6.71. The first-order chi connectivity index (χ1) is 18.7. The van der Waals surface area contributed by atoms with Crippen LogP contribution in [0.25, 0.3) is 11.2 Å². The second-order valence-corrected chi connectivity index (χ2v) is 14.8. The molecule has 2 heterocycles. The number of rotatable bonds is 10. The summed E-state index contributed by atoms with van der Waals surface area (Å²) in [5.41, 5.74) is 6.98. The van der Waals surface area contributed by atoms with Crippen molar-refractivity contribution in [2.75, 3.05) is 18.9 Å². The van der Waals surface area contributed by atoms with E-state index in [2.05, 4.69) is 15.0 Å². The van der Waals surface area contributed by atoms with Crippen LogP contribution in [0, 0.1) is 5.92 Å². The minimum atomic E-state index is -2.78. The van der Waals surface area contributed by atoms with Crippen molar-refractivity contribution in [2.24, 2.45) is 5.92 Å². The first-order valence-corrected chi connectivity index (χ1v) is 16.1. The first-order valence-electron chi connectivity index (χ1n) is 13.0. The molecular formula is C28H35N5O5Si. The van der Waals surface area contributed by atoms with Gasteiger partial charge in [0.05, 0.1) is 32.2 Å². The molecule has 1 aliphatic rings. The number of benzene rings is 2. The molecule has 0 aliphatic heterocycles. The molecule has 2 aromatic heterocycles. The fourth-order valence-corrected chi connectivity index (χ4v) is 7.83. The average molecular weight is 550 g/mol. The molecule has 0 amide bonds. The number of hydrogen-bond acceptors (Lipinski definition) is 9. The molecule has 5 N–H and O–H groups in total. The third-order valence-corrected chi connectivity index (χ3v) is 10.2. The largest absolute Gasteiger partial charge is 0.471 e.